The fourth-order valence-corrected chi connectivity index (χ4v) is 3.62. The van der Waals surface area contributed by atoms with E-state index in [1.54, 1.807) is 7.11 Å². The summed E-state index contributed by atoms with van der Waals surface area (Å²) in [4.78, 5) is 0.194. The SMILES string of the molecule is CCCC(CCC)C(Br)c1cc(Br)c(F)cc1OC. The van der Waals surface area contributed by atoms with Gasteiger partial charge in [-0.3, -0.25) is 0 Å². The molecule has 0 bridgehead atoms. The maximum Gasteiger partial charge on any atom is 0.141 e. The zero-order chi connectivity index (χ0) is 14.4. The molecule has 0 aliphatic heterocycles. The van der Waals surface area contributed by atoms with Crippen molar-refractivity contribution in [1.29, 1.82) is 0 Å². The van der Waals surface area contributed by atoms with E-state index in [-0.39, 0.29) is 10.6 Å². The number of hydrogen-bond donors (Lipinski definition) is 0. The summed E-state index contributed by atoms with van der Waals surface area (Å²) in [5.41, 5.74) is 1.02. The molecule has 1 rings (SSSR count). The topological polar surface area (TPSA) is 9.23 Å². The lowest BCUT2D eigenvalue weighted by atomic mass is 9.90. The van der Waals surface area contributed by atoms with Crippen LogP contribution in [0.4, 0.5) is 4.39 Å². The van der Waals surface area contributed by atoms with Crippen molar-refractivity contribution in [3.63, 3.8) is 0 Å². The Bertz CT molecular complexity index is 403. The second-order valence-corrected chi connectivity index (χ2v) is 6.59. The highest BCUT2D eigenvalue weighted by Gasteiger charge is 2.23. The van der Waals surface area contributed by atoms with Crippen LogP contribution < -0.4 is 4.74 Å². The summed E-state index contributed by atoms with van der Waals surface area (Å²) in [7, 11) is 1.58. The van der Waals surface area contributed by atoms with Crippen molar-refractivity contribution in [3.05, 3.63) is 28.0 Å². The minimum atomic E-state index is -0.289. The van der Waals surface area contributed by atoms with Crippen LogP contribution in [0.15, 0.2) is 16.6 Å². The molecule has 1 aromatic rings. The second kappa shape index (κ2) is 8.25. The van der Waals surface area contributed by atoms with E-state index in [1.165, 1.54) is 6.07 Å². The predicted octanol–water partition coefficient (Wildman–Crippen LogP) is 6.25. The summed E-state index contributed by atoms with van der Waals surface area (Å²) in [6.07, 6.45) is 4.61. The van der Waals surface area contributed by atoms with Crippen LogP contribution in [0, 0.1) is 11.7 Å². The smallest absolute Gasteiger partial charge is 0.141 e. The van der Waals surface area contributed by atoms with Gasteiger partial charge in [-0.1, -0.05) is 42.6 Å². The third-order valence-corrected chi connectivity index (χ3v) is 5.15. The van der Waals surface area contributed by atoms with E-state index in [9.17, 15) is 4.39 Å². The van der Waals surface area contributed by atoms with E-state index in [2.05, 4.69) is 45.7 Å². The minimum absolute atomic E-state index is 0.194. The van der Waals surface area contributed by atoms with Gasteiger partial charge in [0.15, 0.2) is 0 Å². The first kappa shape index (κ1) is 17.0. The molecule has 0 spiro atoms. The molecule has 0 aliphatic rings. The fraction of sp³-hybridized carbons (Fsp3) is 0.600. The van der Waals surface area contributed by atoms with Crippen LogP contribution in [-0.2, 0) is 0 Å². The number of alkyl halides is 1. The van der Waals surface area contributed by atoms with Gasteiger partial charge in [0.25, 0.3) is 0 Å². The van der Waals surface area contributed by atoms with E-state index in [1.807, 2.05) is 6.07 Å². The molecular formula is C15H21Br2FO. The minimum Gasteiger partial charge on any atom is -0.496 e. The first-order chi connectivity index (χ1) is 9.04. The average Bonchev–Trinajstić information content (AvgIpc) is 2.40. The molecule has 19 heavy (non-hydrogen) atoms. The number of halogens is 3. The van der Waals surface area contributed by atoms with Crippen molar-refractivity contribution >= 4 is 31.9 Å². The van der Waals surface area contributed by atoms with Crippen LogP contribution in [0.5, 0.6) is 5.75 Å². The Hall–Kier alpha value is -0.0900. The molecule has 0 N–H and O–H groups in total. The second-order valence-electron chi connectivity index (χ2n) is 4.75. The first-order valence-electron chi connectivity index (χ1n) is 6.72. The van der Waals surface area contributed by atoms with Gasteiger partial charge in [-0.05, 0) is 40.8 Å². The molecular weight excluding hydrogens is 375 g/mol. The maximum atomic E-state index is 13.6. The van der Waals surface area contributed by atoms with Gasteiger partial charge in [0.2, 0.25) is 0 Å². The molecule has 0 saturated carbocycles. The molecule has 1 aromatic carbocycles. The van der Waals surface area contributed by atoms with Crippen LogP contribution in [0.1, 0.15) is 49.9 Å². The number of methoxy groups -OCH3 is 1. The Morgan fingerprint density at radius 1 is 1.21 bits per heavy atom. The molecule has 1 atom stereocenters. The fourth-order valence-electron chi connectivity index (χ4n) is 2.37. The molecule has 0 fully saturated rings. The quantitative estimate of drug-likeness (QED) is 0.495. The molecule has 0 saturated heterocycles. The van der Waals surface area contributed by atoms with Gasteiger partial charge >= 0.3 is 0 Å². The summed E-state index contributed by atoms with van der Waals surface area (Å²) >= 11 is 7.03. The lowest BCUT2D eigenvalue weighted by molar-refractivity contribution is 0.389. The van der Waals surface area contributed by atoms with Crippen LogP contribution in [0.25, 0.3) is 0 Å². The third-order valence-electron chi connectivity index (χ3n) is 3.30. The molecule has 108 valence electrons. The summed E-state index contributed by atoms with van der Waals surface area (Å²) in [5, 5.41) is 0. The summed E-state index contributed by atoms with van der Waals surface area (Å²) in [6, 6.07) is 3.27. The van der Waals surface area contributed by atoms with E-state index in [4.69, 9.17) is 4.74 Å². The van der Waals surface area contributed by atoms with Crippen molar-refractivity contribution < 1.29 is 9.13 Å². The first-order valence-corrected chi connectivity index (χ1v) is 8.42. The van der Waals surface area contributed by atoms with Crippen LogP contribution in [0.3, 0.4) is 0 Å². The zero-order valence-corrected chi connectivity index (χ0v) is 14.9. The molecule has 4 heteroatoms. The standard InChI is InChI=1S/C15H21Br2FO/c1-4-6-10(7-5-2)15(17)11-8-12(16)13(18)9-14(11)19-3/h8-10,15H,4-7H2,1-3H3. The Kier molecular flexibility index (Phi) is 7.37. The third kappa shape index (κ3) is 4.45. The monoisotopic (exact) mass is 394 g/mol. The lowest BCUT2D eigenvalue weighted by Crippen LogP contribution is -2.09. The molecule has 0 aromatic heterocycles. The Morgan fingerprint density at radius 2 is 1.79 bits per heavy atom. The van der Waals surface area contributed by atoms with E-state index >= 15 is 0 Å². The molecule has 0 heterocycles. The van der Waals surface area contributed by atoms with E-state index < -0.39 is 0 Å². The van der Waals surface area contributed by atoms with E-state index in [0.717, 1.165) is 31.2 Å². The van der Waals surface area contributed by atoms with Gasteiger partial charge in [-0.2, -0.15) is 0 Å². The van der Waals surface area contributed by atoms with Crippen molar-refractivity contribution in [2.45, 2.75) is 44.4 Å². The summed E-state index contributed by atoms with van der Waals surface area (Å²) in [6.45, 7) is 4.39. The highest BCUT2D eigenvalue weighted by atomic mass is 79.9. The van der Waals surface area contributed by atoms with Gasteiger partial charge in [0.05, 0.1) is 11.6 Å². The largest absolute Gasteiger partial charge is 0.496 e. The van der Waals surface area contributed by atoms with Crippen LogP contribution in [0.2, 0.25) is 0 Å². The molecule has 0 amide bonds. The summed E-state index contributed by atoms with van der Waals surface area (Å²) in [5.74, 6) is 0.865. The normalized spacial score (nSPS) is 12.8. The van der Waals surface area contributed by atoms with Crippen molar-refractivity contribution in [3.8, 4) is 5.75 Å². The van der Waals surface area contributed by atoms with Gasteiger partial charge in [0, 0.05) is 16.5 Å². The number of ether oxygens (including phenoxy) is 1. The van der Waals surface area contributed by atoms with Crippen LogP contribution >= 0.6 is 31.9 Å². The molecule has 0 aliphatic carbocycles. The predicted molar refractivity (Wildman–Crippen MR) is 85.6 cm³/mol. The Balaban J connectivity index is 3.08. The van der Waals surface area contributed by atoms with Crippen molar-refractivity contribution in [1.82, 2.24) is 0 Å². The van der Waals surface area contributed by atoms with Gasteiger partial charge in [0.1, 0.15) is 11.6 Å². The van der Waals surface area contributed by atoms with Crippen molar-refractivity contribution in [2.75, 3.05) is 7.11 Å². The number of rotatable bonds is 7. The van der Waals surface area contributed by atoms with Crippen molar-refractivity contribution in [2.24, 2.45) is 5.92 Å². The maximum absolute atomic E-state index is 13.6. The Morgan fingerprint density at radius 3 is 2.26 bits per heavy atom. The number of hydrogen-bond acceptors (Lipinski definition) is 1. The number of benzene rings is 1. The Labute approximate surface area is 132 Å². The van der Waals surface area contributed by atoms with E-state index in [0.29, 0.717) is 16.1 Å². The highest BCUT2D eigenvalue weighted by molar-refractivity contribution is 9.10. The summed E-state index contributed by atoms with van der Waals surface area (Å²) < 4.78 is 19.4. The van der Waals surface area contributed by atoms with Gasteiger partial charge in [-0.15, -0.1) is 0 Å². The zero-order valence-electron chi connectivity index (χ0n) is 11.7. The van der Waals surface area contributed by atoms with Gasteiger partial charge in [-0.25, -0.2) is 4.39 Å². The van der Waals surface area contributed by atoms with Crippen LogP contribution in [-0.4, -0.2) is 7.11 Å². The highest BCUT2D eigenvalue weighted by Crippen LogP contribution is 2.42. The average molecular weight is 396 g/mol. The molecule has 1 unspecified atom stereocenters. The lowest BCUT2D eigenvalue weighted by Gasteiger charge is -2.24. The molecule has 0 radical (unpaired) electrons. The molecule has 1 nitrogen and oxygen atoms in total. The van der Waals surface area contributed by atoms with Gasteiger partial charge < -0.3 is 4.74 Å².